The van der Waals surface area contributed by atoms with Gasteiger partial charge in [-0.2, -0.15) is 0 Å². The van der Waals surface area contributed by atoms with Crippen molar-refractivity contribution in [3.05, 3.63) is 44.0 Å². The van der Waals surface area contributed by atoms with Crippen LogP contribution >= 0.6 is 38.9 Å². The molecule has 0 saturated carbocycles. The van der Waals surface area contributed by atoms with Gasteiger partial charge in [-0.3, -0.25) is 4.72 Å². The number of halogens is 2. The smallest absolute Gasteiger partial charge is 0.229 e. The van der Waals surface area contributed by atoms with Crippen LogP contribution in [-0.4, -0.2) is 14.7 Å². The Morgan fingerprint density at radius 2 is 2.10 bits per heavy atom. The number of thiophene rings is 1. The maximum Gasteiger partial charge on any atom is 0.229 e. The van der Waals surface area contributed by atoms with E-state index in [0.717, 1.165) is 16.4 Å². The van der Waals surface area contributed by atoms with E-state index < -0.39 is 10.0 Å². The molecule has 1 aromatic carbocycles. The summed E-state index contributed by atoms with van der Waals surface area (Å²) in [5, 5.41) is 5.60. The zero-order chi connectivity index (χ0) is 14.8. The first-order valence-electron chi connectivity index (χ1n) is 5.58. The molecule has 108 valence electrons. The SMILES string of the molecule is CS(=O)(=O)Nc1ccc(NCc2sccc2Br)cc1Cl. The van der Waals surface area contributed by atoms with Crippen LogP contribution in [0.2, 0.25) is 5.02 Å². The molecule has 0 aliphatic heterocycles. The van der Waals surface area contributed by atoms with Crippen LogP contribution in [0, 0.1) is 0 Å². The van der Waals surface area contributed by atoms with E-state index in [4.69, 9.17) is 11.6 Å². The van der Waals surface area contributed by atoms with Crippen LogP contribution in [0.4, 0.5) is 11.4 Å². The fraction of sp³-hybridized carbons (Fsp3) is 0.167. The standard InChI is InChI=1S/C12H12BrClN2O2S2/c1-20(17,18)16-11-3-2-8(6-10(11)14)15-7-12-9(13)4-5-19-12/h2-6,15-16H,7H2,1H3. The van der Waals surface area contributed by atoms with Gasteiger partial charge >= 0.3 is 0 Å². The lowest BCUT2D eigenvalue weighted by atomic mass is 10.3. The maximum absolute atomic E-state index is 11.2. The Balaban J connectivity index is 2.07. The predicted molar refractivity (Wildman–Crippen MR) is 89.3 cm³/mol. The molecule has 0 bridgehead atoms. The highest BCUT2D eigenvalue weighted by atomic mass is 79.9. The van der Waals surface area contributed by atoms with Gasteiger partial charge in [0.25, 0.3) is 0 Å². The van der Waals surface area contributed by atoms with E-state index in [1.165, 1.54) is 4.88 Å². The minimum Gasteiger partial charge on any atom is -0.380 e. The topological polar surface area (TPSA) is 58.2 Å². The van der Waals surface area contributed by atoms with Crippen LogP contribution < -0.4 is 10.0 Å². The Kier molecular flexibility index (Phi) is 4.95. The Morgan fingerprint density at radius 1 is 1.35 bits per heavy atom. The molecule has 0 radical (unpaired) electrons. The summed E-state index contributed by atoms with van der Waals surface area (Å²) in [5.74, 6) is 0. The molecular formula is C12H12BrClN2O2S2. The number of rotatable bonds is 5. The van der Waals surface area contributed by atoms with Gasteiger partial charge in [0.2, 0.25) is 10.0 Å². The second kappa shape index (κ2) is 6.34. The second-order valence-corrected chi connectivity index (χ2v) is 8.12. The molecule has 0 spiro atoms. The Bertz CT molecular complexity index is 716. The van der Waals surface area contributed by atoms with Crippen LogP contribution in [0.3, 0.4) is 0 Å². The van der Waals surface area contributed by atoms with Gasteiger partial charge in [-0.05, 0) is 45.6 Å². The van der Waals surface area contributed by atoms with Crippen molar-refractivity contribution >= 4 is 60.3 Å². The largest absolute Gasteiger partial charge is 0.380 e. The molecule has 0 aliphatic rings. The number of anilines is 2. The molecule has 0 amide bonds. The van der Waals surface area contributed by atoms with Crippen LogP contribution in [0.15, 0.2) is 34.1 Å². The van der Waals surface area contributed by atoms with Crippen molar-refractivity contribution < 1.29 is 8.42 Å². The summed E-state index contributed by atoms with van der Waals surface area (Å²) in [7, 11) is -3.33. The molecule has 2 N–H and O–H groups in total. The summed E-state index contributed by atoms with van der Waals surface area (Å²) in [6.07, 6.45) is 1.09. The van der Waals surface area contributed by atoms with Crippen LogP contribution in [0.25, 0.3) is 0 Å². The molecule has 2 rings (SSSR count). The fourth-order valence-corrected chi connectivity index (χ4v) is 3.83. The van der Waals surface area contributed by atoms with Gasteiger partial charge in [-0.25, -0.2) is 8.42 Å². The van der Waals surface area contributed by atoms with Gasteiger partial charge in [-0.1, -0.05) is 11.6 Å². The number of benzene rings is 1. The summed E-state index contributed by atoms with van der Waals surface area (Å²) < 4.78 is 25.8. The predicted octanol–water partition coefficient (Wildman–Crippen LogP) is 4.15. The Hall–Kier alpha value is -0.760. The molecule has 1 aromatic heterocycles. The quantitative estimate of drug-likeness (QED) is 0.799. The Labute approximate surface area is 135 Å². The third kappa shape index (κ3) is 4.37. The van der Waals surface area contributed by atoms with Crippen molar-refractivity contribution in [2.24, 2.45) is 0 Å². The van der Waals surface area contributed by atoms with Gasteiger partial charge in [0.15, 0.2) is 0 Å². The first-order valence-corrected chi connectivity index (χ1v) is 9.52. The molecule has 0 atom stereocenters. The van der Waals surface area contributed by atoms with E-state index in [0.29, 0.717) is 17.3 Å². The highest BCUT2D eigenvalue weighted by Crippen LogP contribution is 2.28. The lowest BCUT2D eigenvalue weighted by Crippen LogP contribution is -2.10. The lowest BCUT2D eigenvalue weighted by Gasteiger charge is -2.10. The monoisotopic (exact) mass is 394 g/mol. The highest BCUT2D eigenvalue weighted by Gasteiger charge is 2.07. The summed E-state index contributed by atoms with van der Waals surface area (Å²) in [5.41, 5.74) is 1.20. The zero-order valence-electron chi connectivity index (χ0n) is 10.5. The normalized spacial score (nSPS) is 11.3. The molecule has 0 fully saturated rings. The first kappa shape index (κ1) is 15.6. The van der Waals surface area contributed by atoms with Crippen molar-refractivity contribution in [1.82, 2.24) is 0 Å². The number of sulfonamides is 1. The van der Waals surface area contributed by atoms with Crippen molar-refractivity contribution in [1.29, 1.82) is 0 Å². The molecule has 2 aromatic rings. The molecule has 4 nitrogen and oxygen atoms in total. The molecule has 0 unspecified atom stereocenters. The van der Waals surface area contributed by atoms with E-state index in [-0.39, 0.29) is 0 Å². The van der Waals surface area contributed by atoms with Gasteiger partial charge in [0.05, 0.1) is 23.5 Å². The number of nitrogens with one attached hydrogen (secondary N) is 2. The van der Waals surface area contributed by atoms with E-state index >= 15 is 0 Å². The molecule has 1 heterocycles. The van der Waals surface area contributed by atoms with Crippen LogP contribution in [0.5, 0.6) is 0 Å². The van der Waals surface area contributed by atoms with Gasteiger partial charge in [-0.15, -0.1) is 11.3 Å². The average Bonchev–Trinajstić information content (AvgIpc) is 2.74. The van der Waals surface area contributed by atoms with Crippen molar-refractivity contribution in [3.63, 3.8) is 0 Å². The summed E-state index contributed by atoms with van der Waals surface area (Å²) in [6, 6.07) is 7.10. The zero-order valence-corrected chi connectivity index (χ0v) is 14.5. The average molecular weight is 396 g/mol. The molecular weight excluding hydrogens is 384 g/mol. The molecule has 0 saturated heterocycles. The first-order chi connectivity index (χ1) is 9.35. The summed E-state index contributed by atoms with van der Waals surface area (Å²) in [6.45, 7) is 0.674. The minimum atomic E-state index is -3.33. The van der Waals surface area contributed by atoms with E-state index in [9.17, 15) is 8.42 Å². The summed E-state index contributed by atoms with van der Waals surface area (Å²) >= 11 is 11.2. The number of hydrogen-bond donors (Lipinski definition) is 2. The Morgan fingerprint density at radius 3 is 2.65 bits per heavy atom. The molecule has 20 heavy (non-hydrogen) atoms. The van der Waals surface area contributed by atoms with E-state index in [1.807, 2.05) is 11.4 Å². The minimum absolute atomic E-state index is 0.352. The fourth-order valence-electron chi connectivity index (χ4n) is 1.54. The lowest BCUT2D eigenvalue weighted by molar-refractivity contribution is 0.607. The third-order valence-corrected chi connectivity index (χ3v) is 5.24. The van der Waals surface area contributed by atoms with Gasteiger partial charge in [0.1, 0.15) is 0 Å². The summed E-state index contributed by atoms with van der Waals surface area (Å²) in [4.78, 5) is 1.18. The molecule has 8 heteroatoms. The van der Waals surface area contributed by atoms with Gasteiger partial charge in [0, 0.05) is 15.0 Å². The van der Waals surface area contributed by atoms with Crippen molar-refractivity contribution in [2.45, 2.75) is 6.54 Å². The maximum atomic E-state index is 11.2. The number of hydrogen-bond acceptors (Lipinski definition) is 4. The second-order valence-electron chi connectivity index (χ2n) is 4.11. The third-order valence-electron chi connectivity index (χ3n) is 2.41. The van der Waals surface area contributed by atoms with Crippen LogP contribution in [-0.2, 0) is 16.6 Å². The molecule has 0 aliphatic carbocycles. The highest BCUT2D eigenvalue weighted by molar-refractivity contribution is 9.10. The van der Waals surface area contributed by atoms with E-state index in [2.05, 4.69) is 26.0 Å². The van der Waals surface area contributed by atoms with E-state index in [1.54, 1.807) is 29.5 Å². The van der Waals surface area contributed by atoms with Crippen LogP contribution in [0.1, 0.15) is 4.88 Å². The van der Waals surface area contributed by atoms with Gasteiger partial charge < -0.3 is 5.32 Å². The van der Waals surface area contributed by atoms with Crippen molar-refractivity contribution in [3.8, 4) is 0 Å². The van der Waals surface area contributed by atoms with Crippen molar-refractivity contribution in [2.75, 3.05) is 16.3 Å².